The second kappa shape index (κ2) is 7.35. The molecule has 132 valence electrons. The Morgan fingerprint density at radius 3 is 2.42 bits per heavy atom. The second-order valence-corrected chi connectivity index (χ2v) is 6.27. The molecule has 0 radical (unpaired) electrons. The summed E-state index contributed by atoms with van der Waals surface area (Å²) in [5.41, 5.74) is 2.62. The fourth-order valence-corrected chi connectivity index (χ4v) is 2.92. The number of para-hydroxylation sites is 1. The molecule has 0 fully saturated rings. The Kier molecular flexibility index (Phi) is 4.98. The summed E-state index contributed by atoms with van der Waals surface area (Å²) in [7, 11) is 0. The van der Waals surface area contributed by atoms with E-state index >= 15 is 0 Å². The lowest BCUT2D eigenvalue weighted by Crippen LogP contribution is -2.25. The van der Waals surface area contributed by atoms with Crippen LogP contribution in [-0.2, 0) is 11.3 Å². The van der Waals surface area contributed by atoms with Crippen molar-refractivity contribution in [1.82, 2.24) is 4.57 Å². The molecule has 5 nitrogen and oxygen atoms in total. The molecule has 0 unspecified atom stereocenters. The minimum Gasteiger partial charge on any atom is -0.326 e. The fourth-order valence-electron chi connectivity index (χ4n) is 2.92. The van der Waals surface area contributed by atoms with Crippen molar-refractivity contribution in [2.24, 2.45) is 0 Å². The van der Waals surface area contributed by atoms with Crippen molar-refractivity contribution >= 4 is 28.3 Å². The molecule has 1 heterocycles. The van der Waals surface area contributed by atoms with E-state index < -0.39 is 0 Å². The molecule has 3 aromatic rings. The van der Waals surface area contributed by atoms with Gasteiger partial charge in [-0.3, -0.25) is 14.4 Å². The van der Waals surface area contributed by atoms with Gasteiger partial charge in [-0.25, -0.2) is 0 Å². The lowest BCUT2D eigenvalue weighted by molar-refractivity contribution is -0.116. The van der Waals surface area contributed by atoms with Crippen molar-refractivity contribution in [3.05, 3.63) is 76.1 Å². The molecule has 3 rings (SSSR count). The summed E-state index contributed by atoms with van der Waals surface area (Å²) in [5, 5.41) is 3.77. The van der Waals surface area contributed by atoms with Crippen LogP contribution in [0.2, 0.25) is 0 Å². The molecule has 0 saturated carbocycles. The van der Waals surface area contributed by atoms with Gasteiger partial charge in [0.1, 0.15) is 0 Å². The zero-order valence-electron chi connectivity index (χ0n) is 14.8. The molecule has 1 N–H and O–H groups in total. The minimum absolute atomic E-state index is 0.0198. The number of benzene rings is 2. The van der Waals surface area contributed by atoms with E-state index in [-0.39, 0.29) is 23.7 Å². The summed E-state index contributed by atoms with van der Waals surface area (Å²) in [6.07, 6.45) is 0.182. The first kappa shape index (κ1) is 17.6. The van der Waals surface area contributed by atoms with Gasteiger partial charge in [-0.15, -0.1) is 0 Å². The molecule has 0 atom stereocenters. The van der Waals surface area contributed by atoms with E-state index in [2.05, 4.69) is 5.32 Å². The van der Waals surface area contributed by atoms with Crippen molar-refractivity contribution in [3.8, 4) is 0 Å². The van der Waals surface area contributed by atoms with Crippen molar-refractivity contribution < 1.29 is 9.59 Å². The van der Waals surface area contributed by atoms with Gasteiger partial charge in [-0.05, 0) is 55.6 Å². The lowest BCUT2D eigenvalue weighted by Gasteiger charge is -2.12. The largest absolute Gasteiger partial charge is 0.326 e. The maximum Gasteiger partial charge on any atom is 0.253 e. The van der Waals surface area contributed by atoms with Crippen molar-refractivity contribution in [1.29, 1.82) is 0 Å². The Balaban J connectivity index is 1.74. The van der Waals surface area contributed by atoms with Gasteiger partial charge in [0.05, 0.1) is 5.52 Å². The van der Waals surface area contributed by atoms with E-state index in [1.54, 1.807) is 35.8 Å². The smallest absolute Gasteiger partial charge is 0.253 e. The molecule has 0 aliphatic rings. The Hall–Kier alpha value is -3.21. The van der Waals surface area contributed by atoms with Crippen LogP contribution in [0.3, 0.4) is 0 Å². The first-order valence-electron chi connectivity index (χ1n) is 8.46. The Bertz CT molecular complexity index is 1030. The van der Waals surface area contributed by atoms with Gasteiger partial charge < -0.3 is 9.88 Å². The molecular formula is C21H20N2O3. The van der Waals surface area contributed by atoms with E-state index in [1.807, 2.05) is 30.3 Å². The fraction of sp³-hybridized carbons (Fsp3) is 0.190. The van der Waals surface area contributed by atoms with Crippen molar-refractivity contribution in [2.45, 2.75) is 26.8 Å². The van der Waals surface area contributed by atoms with Crippen LogP contribution >= 0.6 is 0 Å². The summed E-state index contributed by atoms with van der Waals surface area (Å²) < 4.78 is 1.64. The number of aryl methyl sites for hydroxylation is 2. The number of hydrogen-bond donors (Lipinski definition) is 1. The number of nitrogens with zero attached hydrogens (tertiary/aromatic N) is 1. The number of anilines is 1. The van der Waals surface area contributed by atoms with E-state index in [9.17, 15) is 14.4 Å². The van der Waals surface area contributed by atoms with E-state index in [1.165, 1.54) is 6.92 Å². The maximum atomic E-state index is 12.5. The van der Waals surface area contributed by atoms with Gasteiger partial charge in [-0.1, -0.05) is 18.2 Å². The topological polar surface area (TPSA) is 68.2 Å². The maximum absolute atomic E-state index is 12.5. The number of carbonyl (C=O) groups excluding carboxylic acids is 2. The molecule has 5 heteroatoms. The number of aromatic nitrogens is 1. The quantitative estimate of drug-likeness (QED) is 0.717. The summed E-state index contributed by atoms with van der Waals surface area (Å²) in [6, 6.07) is 16.3. The third-order valence-corrected chi connectivity index (χ3v) is 4.32. The first-order chi connectivity index (χ1) is 12.5. The molecular weight excluding hydrogens is 328 g/mol. The number of hydrogen-bond acceptors (Lipinski definition) is 3. The highest BCUT2D eigenvalue weighted by molar-refractivity contribution is 5.95. The third-order valence-electron chi connectivity index (χ3n) is 4.32. The van der Waals surface area contributed by atoms with Gasteiger partial charge in [-0.2, -0.15) is 0 Å². The van der Waals surface area contributed by atoms with Crippen molar-refractivity contribution in [2.75, 3.05) is 5.32 Å². The zero-order chi connectivity index (χ0) is 18.7. The van der Waals surface area contributed by atoms with Crippen LogP contribution in [-0.4, -0.2) is 16.3 Å². The first-order valence-corrected chi connectivity index (χ1v) is 8.46. The highest BCUT2D eigenvalue weighted by atomic mass is 16.2. The number of pyridine rings is 1. The summed E-state index contributed by atoms with van der Waals surface area (Å²) in [4.78, 5) is 36.0. The highest BCUT2D eigenvalue weighted by Crippen LogP contribution is 2.14. The molecule has 2 aromatic carbocycles. The number of amides is 1. The van der Waals surface area contributed by atoms with Gasteiger partial charge in [0.2, 0.25) is 5.91 Å². The van der Waals surface area contributed by atoms with Crippen LogP contribution in [0, 0.1) is 6.92 Å². The molecule has 0 bridgehead atoms. The average Bonchev–Trinajstić information content (AvgIpc) is 2.62. The molecule has 1 amide bonds. The van der Waals surface area contributed by atoms with Gasteiger partial charge >= 0.3 is 0 Å². The molecule has 0 aliphatic heterocycles. The number of ketones is 1. The predicted molar refractivity (Wildman–Crippen MR) is 103 cm³/mol. The summed E-state index contributed by atoms with van der Waals surface area (Å²) in [5.74, 6) is -0.202. The molecule has 0 spiro atoms. The lowest BCUT2D eigenvalue weighted by atomic mass is 10.1. The van der Waals surface area contributed by atoms with Gasteiger partial charge in [0.15, 0.2) is 5.78 Å². The summed E-state index contributed by atoms with van der Waals surface area (Å²) in [6.45, 7) is 3.58. The Labute approximate surface area is 151 Å². The van der Waals surface area contributed by atoms with Crippen LogP contribution < -0.4 is 10.9 Å². The summed E-state index contributed by atoms with van der Waals surface area (Å²) >= 11 is 0. The van der Waals surface area contributed by atoms with Crippen molar-refractivity contribution in [3.63, 3.8) is 0 Å². The number of fused-ring (bicyclic) bond motifs is 1. The SMILES string of the molecule is CC(=O)c1ccc(NC(=O)CCn2c(=O)c(C)cc3ccccc32)cc1. The van der Waals surface area contributed by atoms with Crippen LogP contribution in [0.4, 0.5) is 5.69 Å². The van der Waals surface area contributed by atoms with E-state index in [0.717, 1.165) is 10.9 Å². The van der Waals surface area contributed by atoms with Crippen LogP contribution in [0.25, 0.3) is 10.9 Å². The van der Waals surface area contributed by atoms with Crippen LogP contribution in [0.5, 0.6) is 0 Å². The van der Waals surface area contributed by atoms with E-state index in [0.29, 0.717) is 23.4 Å². The van der Waals surface area contributed by atoms with E-state index in [4.69, 9.17) is 0 Å². The van der Waals surface area contributed by atoms with Gasteiger partial charge in [0.25, 0.3) is 5.56 Å². The number of nitrogens with one attached hydrogen (secondary N) is 1. The standard InChI is InChI=1S/C21H20N2O3/c1-14-13-17-5-3-4-6-19(17)23(21(14)26)12-11-20(25)22-18-9-7-16(8-10-18)15(2)24/h3-10,13H,11-12H2,1-2H3,(H,22,25). The molecule has 26 heavy (non-hydrogen) atoms. The third kappa shape index (κ3) is 3.72. The average molecular weight is 348 g/mol. The molecule has 1 aromatic heterocycles. The number of rotatable bonds is 5. The Morgan fingerprint density at radius 2 is 1.73 bits per heavy atom. The molecule has 0 saturated heterocycles. The predicted octanol–water partition coefficient (Wildman–Crippen LogP) is 3.54. The van der Waals surface area contributed by atoms with Crippen LogP contribution in [0.1, 0.15) is 29.3 Å². The van der Waals surface area contributed by atoms with Gasteiger partial charge in [0, 0.05) is 29.8 Å². The minimum atomic E-state index is -0.182. The number of Topliss-reactive ketones (excluding diaryl/α,β-unsaturated/α-hetero) is 1. The normalized spacial score (nSPS) is 10.7. The Morgan fingerprint density at radius 1 is 1.04 bits per heavy atom. The monoisotopic (exact) mass is 348 g/mol. The molecule has 0 aliphatic carbocycles. The second-order valence-electron chi connectivity index (χ2n) is 6.27. The van der Waals surface area contributed by atoms with Crippen LogP contribution in [0.15, 0.2) is 59.4 Å². The number of carbonyl (C=O) groups is 2. The highest BCUT2D eigenvalue weighted by Gasteiger charge is 2.09. The zero-order valence-corrected chi connectivity index (χ0v) is 14.8.